The molecule has 0 aliphatic carbocycles. The Morgan fingerprint density at radius 3 is 2.50 bits per heavy atom. The monoisotopic (exact) mass is 302 g/mol. The molecule has 0 saturated heterocycles. The van der Waals surface area contributed by atoms with Crippen LogP contribution in [0.15, 0.2) is 23.4 Å². The van der Waals surface area contributed by atoms with E-state index in [1.165, 1.54) is 15.9 Å². The largest absolute Gasteiger partial charge is 0.760 e. The third-order valence-electron chi connectivity index (χ3n) is 4.50. The first-order valence-corrected chi connectivity index (χ1v) is 7.43. The summed E-state index contributed by atoms with van der Waals surface area (Å²) in [6.07, 6.45) is 1.93. The van der Waals surface area contributed by atoms with Crippen molar-refractivity contribution < 1.29 is 18.3 Å². The van der Waals surface area contributed by atoms with Gasteiger partial charge in [-0.05, 0) is 45.0 Å². The van der Waals surface area contributed by atoms with Crippen molar-refractivity contribution >= 4 is 24.1 Å². The van der Waals surface area contributed by atoms with Crippen molar-refractivity contribution in [3.63, 3.8) is 0 Å². The number of aryl methyl sites for hydroxylation is 2. The highest BCUT2D eigenvalue weighted by atomic mass is 19.1. The molecule has 1 aromatic rings. The standard InChI is InChI=1S/C16H20BFN2O2/c1-9-7-11(3)19-15(9)13(5)16-10(2)8-12(4)20(16)17(19,18)22-14(6)21/h7-8H,1-6H3. The fourth-order valence-electron chi connectivity index (χ4n) is 3.95. The van der Waals surface area contributed by atoms with Crippen LogP contribution in [0.5, 0.6) is 0 Å². The zero-order valence-electron chi connectivity index (χ0n) is 13.8. The molecule has 0 fully saturated rings. The summed E-state index contributed by atoms with van der Waals surface area (Å²) in [5, 5.41) is 0. The van der Waals surface area contributed by atoms with Crippen molar-refractivity contribution in [2.45, 2.75) is 41.5 Å². The summed E-state index contributed by atoms with van der Waals surface area (Å²) in [6.45, 7) is 7.62. The van der Waals surface area contributed by atoms with Gasteiger partial charge in [0.25, 0.3) is 5.97 Å². The highest BCUT2D eigenvalue weighted by Crippen LogP contribution is 2.40. The van der Waals surface area contributed by atoms with Crippen LogP contribution in [0, 0.1) is 13.8 Å². The van der Waals surface area contributed by atoms with Crippen LogP contribution in [0.4, 0.5) is 4.32 Å². The molecule has 0 N–H and O–H groups in total. The summed E-state index contributed by atoms with van der Waals surface area (Å²) >= 11 is 0. The van der Waals surface area contributed by atoms with Crippen molar-refractivity contribution in [2.75, 3.05) is 0 Å². The molecule has 1 unspecified atom stereocenters. The molecule has 2 aliphatic rings. The smallest absolute Gasteiger partial charge is 0.583 e. The maximum atomic E-state index is 16.1. The third kappa shape index (κ3) is 1.70. The molecule has 0 aromatic carbocycles. The summed E-state index contributed by atoms with van der Waals surface area (Å²) in [7, 11) is 0. The van der Waals surface area contributed by atoms with E-state index >= 15 is 4.32 Å². The van der Waals surface area contributed by atoms with E-state index in [0.717, 1.165) is 39.5 Å². The quantitative estimate of drug-likeness (QED) is 0.747. The Morgan fingerprint density at radius 1 is 1.27 bits per heavy atom. The Hall–Kier alpha value is -2.11. The lowest BCUT2D eigenvalue weighted by molar-refractivity contribution is -0.371. The van der Waals surface area contributed by atoms with Crippen molar-refractivity contribution in [3.8, 4) is 0 Å². The lowest BCUT2D eigenvalue weighted by Crippen LogP contribution is -2.58. The van der Waals surface area contributed by atoms with Crippen molar-refractivity contribution in [1.82, 2.24) is 4.48 Å². The van der Waals surface area contributed by atoms with E-state index in [2.05, 4.69) is 0 Å². The number of aromatic nitrogens is 1. The van der Waals surface area contributed by atoms with Gasteiger partial charge in [0.1, 0.15) is 5.71 Å². The van der Waals surface area contributed by atoms with Gasteiger partial charge in [0.15, 0.2) is 5.70 Å². The van der Waals surface area contributed by atoms with Crippen molar-refractivity contribution in [3.05, 3.63) is 40.4 Å². The predicted octanol–water partition coefficient (Wildman–Crippen LogP) is 3.10. The van der Waals surface area contributed by atoms with Gasteiger partial charge in [-0.3, -0.25) is 4.79 Å². The fourth-order valence-corrected chi connectivity index (χ4v) is 3.95. The topological polar surface area (TPSA) is 34.2 Å². The first-order valence-electron chi connectivity index (χ1n) is 7.43. The molecule has 6 heteroatoms. The molecule has 0 bridgehead atoms. The summed E-state index contributed by atoms with van der Waals surface area (Å²) in [5.41, 5.74) is 6.05. The minimum absolute atomic E-state index is 0.629. The Balaban J connectivity index is 2.43. The second-order valence-corrected chi connectivity index (χ2v) is 6.22. The molecule has 1 atom stereocenters. The van der Waals surface area contributed by atoms with Gasteiger partial charge < -0.3 is 17.9 Å². The van der Waals surface area contributed by atoms with Crippen LogP contribution in [0.25, 0.3) is 5.57 Å². The van der Waals surface area contributed by atoms with Gasteiger partial charge in [-0.2, -0.15) is 0 Å². The lowest BCUT2D eigenvalue weighted by Gasteiger charge is -2.37. The van der Waals surface area contributed by atoms with Crippen molar-refractivity contribution in [2.24, 2.45) is 0 Å². The van der Waals surface area contributed by atoms with Crippen molar-refractivity contribution in [1.29, 1.82) is 0 Å². The van der Waals surface area contributed by atoms with Crippen LogP contribution in [-0.4, -0.2) is 27.5 Å². The number of carbonyl (C=O) groups is 1. The van der Waals surface area contributed by atoms with Gasteiger partial charge >= 0.3 is 6.90 Å². The molecule has 22 heavy (non-hydrogen) atoms. The van der Waals surface area contributed by atoms with Crippen LogP contribution >= 0.6 is 0 Å². The van der Waals surface area contributed by atoms with E-state index < -0.39 is 12.9 Å². The number of halogens is 1. The van der Waals surface area contributed by atoms with Crippen LogP contribution < -0.4 is 0 Å². The Labute approximate surface area is 129 Å². The lowest BCUT2D eigenvalue weighted by atomic mass is 9.83. The third-order valence-corrected chi connectivity index (χ3v) is 4.50. The predicted molar refractivity (Wildman–Crippen MR) is 85.2 cm³/mol. The van der Waals surface area contributed by atoms with E-state index in [4.69, 9.17) is 4.65 Å². The number of hydrogen-bond acceptors (Lipinski definition) is 2. The minimum Gasteiger partial charge on any atom is -0.583 e. The maximum absolute atomic E-state index is 16.1. The van der Waals surface area contributed by atoms with E-state index in [1.807, 2.05) is 46.8 Å². The van der Waals surface area contributed by atoms with Crippen LogP contribution in [0.3, 0.4) is 0 Å². The number of carbonyl (C=O) groups excluding carboxylic acids is 1. The molecule has 0 saturated carbocycles. The summed E-state index contributed by atoms with van der Waals surface area (Å²) in [5.74, 6) is -0.629. The normalized spacial score (nSPS) is 23.5. The van der Waals surface area contributed by atoms with E-state index in [9.17, 15) is 4.79 Å². The van der Waals surface area contributed by atoms with Gasteiger partial charge in [0.2, 0.25) is 0 Å². The maximum Gasteiger partial charge on any atom is 0.760 e. The fraction of sp³-hybridized carbons (Fsp3) is 0.375. The van der Waals surface area contributed by atoms with Gasteiger partial charge in [-0.15, -0.1) is 0 Å². The average Bonchev–Trinajstić information content (AvgIpc) is 2.84. The number of rotatable bonds is 1. The molecule has 4 nitrogen and oxygen atoms in total. The average molecular weight is 302 g/mol. The molecule has 3 rings (SSSR count). The van der Waals surface area contributed by atoms with E-state index in [0.29, 0.717) is 0 Å². The highest BCUT2D eigenvalue weighted by Gasteiger charge is 2.57. The summed E-state index contributed by atoms with van der Waals surface area (Å²) < 4.78 is 24.4. The number of fused-ring (bicyclic) bond motifs is 2. The first kappa shape index (κ1) is 14.8. The molecule has 2 aliphatic heterocycles. The SMILES string of the molecule is CC(=O)O[B-]1(F)n2c(C)cc(C)c2C(C)=C2C(C)=CC(C)=[N+]21. The second-order valence-electron chi connectivity index (χ2n) is 6.22. The van der Waals surface area contributed by atoms with Gasteiger partial charge in [-0.1, -0.05) is 0 Å². The summed E-state index contributed by atoms with van der Waals surface area (Å²) in [6, 6.07) is 1.93. The molecular weight excluding hydrogens is 282 g/mol. The Morgan fingerprint density at radius 2 is 1.91 bits per heavy atom. The summed E-state index contributed by atoms with van der Waals surface area (Å²) in [4.78, 5) is 11.6. The zero-order valence-corrected chi connectivity index (χ0v) is 13.8. The molecule has 3 heterocycles. The number of allylic oxidation sites excluding steroid dienone is 3. The molecule has 0 amide bonds. The van der Waals surface area contributed by atoms with Crippen LogP contribution in [0.1, 0.15) is 44.6 Å². The van der Waals surface area contributed by atoms with Gasteiger partial charge in [0, 0.05) is 36.8 Å². The molecule has 1 aromatic heterocycles. The molecule has 0 spiro atoms. The Bertz CT molecular complexity index is 816. The zero-order chi connectivity index (χ0) is 16.4. The minimum atomic E-state index is -3.18. The van der Waals surface area contributed by atoms with E-state index in [1.54, 1.807) is 0 Å². The molecular formula is C16H20BFN2O2. The van der Waals surface area contributed by atoms with Gasteiger partial charge in [-0.25, -0.2) is 0 Å². The Kier molecular flexibility index (Phi) is 2.99. The van der Waals surface area contributed by atoms with Crippen LogP contribution in [0.2, 0.25) is 0 Å². The number of nitrogens with zero attached hydrogens (tertiary/aromatic N) is 2. The van der Waals surface area contributed by atoms with Crippen LogP contribution in [-0.2, 0) is 9.45 Å². The second kappa shape index (κ2) is 4.45. The van der Waals surface area contributed by atoms with Gasteiger partial charge in [0.05, 0.1) is 0 Å². The number of hydrogen-bond donors (Lipinski definition) is 0. The van der Waals surface area contributed by atoms with E-state index in [-0.39, 0.29) is 0 Å². The molecule has 116 valence electrons. The molecule has 0 radical (unpaired) electrons. The highest BCUT2D eigenvalue weighted by molar-refractivity contribution is 6.60. The first-order chi connectivity index (χ1) is 10.2.